The molecule has 1 saturated heterocycles. The highest BCUT2D eigenvalue weighted by molar-refractivity contribution is 7.98. The molecule has 1 aromatic carbocycles. The summed E-state index contributed by atoms with van der Waals surface area (Å²) in [6.45, 7) is 5.48. The number of nitrogens with one attached hydrogen (secondary N) is 1. The second-order valence-electron chi connectivity index (χ2n) is 4.22. The van der Waals surface area contributed by atoms with E-state index in [-0.39, 0.29) is 0 Å². The third-order valence-corrected chi connectivity index (χ3v) is 3.84. The van der Waals surface area contributed by atoms with Gasteiger partial charge in [-0.05, 0) is 24.0 Å². The Morgan fingerprint density at radius 2 is 2.12 bits per heavy atom. The van der Waals surface area contributed by atoms with Gasteiger partial charge in [0.05, 0.1) is 7.11 Å². The molecule has 1 aliphatic heterocycles. The predicted octanol–water partition coefficient (Wildman–Crippen LogP) is 1.82. The first-order valence-corrected chi connectivity index (χ1v) is 7.20. The number of hydrogen-bond donors (Lipinski definition) is 1. The number of piperazine rings is 1. The largest absolute Gasteiger partial charge is 0.496 e. The summed E-state index contributed by atoms with van der Waals surface area (Å²) < 4.78 is 5.41. The fourth-order valence-electron chi connectivity index (χ4n) is 2.11. The molecule has 0 radical (unpaired) electrons. The van der Waals surface area contributed by atoms with Gasteiger partial charge in [0.25, 0.3) is 0 Å². The molecule has 0 amide bonds. The van der Waals surface area contributed by atoms with E-state index in [1.807, 2.05) is 0 Å². The molecule has 1 aliphatic rings. The van der Waals surface area contributed by atoms with E-state index in [9.17, 15) is 0 Å². The number of thioether (sulfide) groups is 1. The van der Waals surface area contributed by atoms with Gasteiger partial charge in [-0.25, -0.2) is 0 Å². The number of methoxy groups -OCH3 is 1. The molecule has 0 aromatic heterocycles. The number of nitrogens with zero attached hydrogens (tertiary/aromatic N) is 1. The molecule has 0 bridgehead atoms. The predicted molar refractivity (Wildman–Crippen MR) is 72.9 cm³/mol. The van der Waals surface area contributed by atoms with Crippen LogP contribution in [0, 0.1) is 0 Å². The molecule has 1 fully saturated rings. The Kier molecular flexibility index (Phi) is 4.71. The molecule has 3 nitrogen and oxygen atoms in total. The zero-order valence-corrected chi connectivity index (χ0v) is 11.3. The molecule has 0 aliphatic carbocycles. The van der Waals surface area contributed by atoms with E-state index in [1.165, 1.54) is 10.5 Å². The van der Waals surface area contributed by atoms with E-state index in [0.717, 1.165) is 38.5 Å². The van der Waals surface area contributed by atoms with Crippen molar-refractivity contribution in [3.8, 4) is 5.75 Å². The van der Waals surface area contributed by atoms with Crippen LogP contribution in [0.5, 0.6) is 5.75 Å². The van der Waals surface area contributed by atoms with Gasteiger partial charge in [-0.1, -0.05) is 6.07 Å². The number of hydrogen-bond acceptors (Lipinski definition) is 4. The zero-order valence-electron chi connectivity index (χ0n) is 10.5. The molecule has 1 heterocycles. The second-order valence-corrected chi connectivity index (χ2v) is 5.06. The van der Waals surface area contributed by atoms with Crippen molar-refractivity contribution in [3.05, 3.63) is 23.8 Å². The van der Waals surface area contributed by atoms with Gasteiger partial charge in [-0.15, -0.1) is 11.8 Å². The Bertz CT molecular complexity index is 364. The van der Waals surface area contributed by atoms with E-state index in [4.69, 9.17) is 4.74 Å². The maximum atomic E-state index is 5.41. The summed E-state index contributed by atoms with van der Waals surface area (Å²) in [6.07, 6.45) is 2.08. The summed E-state index contributed by atoms with van der Waals surface area (Å²) in [7, 11) is 1.74. The van der Waals surface area contributed by atoms with Crippen LogP contribution in [0.25, 0.3) is 0 Å². The highest BCUT2D eigenvalue weighted by Gasteiger charge is 2.11. The molecule has 2 rings (SSSR count). The Morgan fingerprint density at radius 1 is 1.35 bits per heavy atom. The quantitative estimate of drug-likeness (QED) is 0.826. The Balaban J connectivity index is 2.05. The standard InChI is InChI=1S/C13H20N2OS/c1-16-12-9-11(3-4-13(12)17-2)10-15-7-5-14-6-8-15/h3-4,9,14H,5-8,10H2,1-2H3. The van der Waals surface area contributed by atoms with Crippen molar-refractivity contribution >= 4 is 11.8 Å². The van der Waals surface area contributed by atoms with Gasteiger partial charge in [-0.2, -0.15) is 0 Å². The topological polar surface area (TPSA) is 24.5 Å². The number of ether oxygens (including phenoxy) is 1. The molecular weight excluding hydrogens is 232 g/mol. The molecule has 1 aromatic rings. The van der Waals surface area contributed by atoms with Gasteiger partial charge in [-0.3, -0.25) is 4.90 Å². The fraction of sp³-hybridized carbons (Fsp3) is 0.538. The Labute approximate surface area is 108 Å². The van der Waals surface area contributed by atoms with Gasteiger partial charge in [0.2, 0.25) is 0 Å². The molecule has 17 heavy (non-hydrogen) atoms. The summed E-state index contributed by atoms with van der Waals surface area (Å²) in [5, 5.41) is 3.37. The third kappa shape index (κ3) is 3.37. The first-order chi connectivity index (χ1) is 8.33. The first-order valence-electron chi connectivity index (χ1n) is 5.97. The van der Waals surface area contributed by atoms with Crippen molar-refractivity contribution < 1.29 is 4.74 Å². The molecule has 4 heteroatoms. The van der Waals surface area contributed by atoms with Crippen LogP contribution in [0.3, 0.4) is 0 Å². The molecule has 0 spiro atoms. The first kappa shape index (κ1) is 12.7. The molecular formula is C13H20N2OS. The van der Waals surface area contributed by atoms with Crippen molar-refractivity contribution in [1.82, 2.24) is 10.2 Å². The lowest BCUT2D eigenvalue weighted by Crippen LogP contribution is -2.42. The van der Waals surface area contributed by atoms with Gasteiger partial charge >= 0.3 is 0 Å². The van der Waals surface area contributed by atoms with Crippen LogP contribution in [0.1, 0.15) is 5.56 Å². The lowest BCUT2D eigenvalue weighted by atomic mass is 10.2. The third-order valence-electron chi connectivity index (χ3n) is 3.06. The van der Waals surface area contributed by atoms with Gasteiger partial charge in [0, 0.05) is 37.6 Å². The van der Waals surface area contributed by atoms with Gasteiger partial charge in [0.15, 0.2) is 0 Å². The normalized spacial score (nSPS) is 17.1. The smallest absolute Gasteiger partial charge is 0.132 e. The van der Waals surface area contributed by atoms with Crippen molar-refractivity contribution in [2.75, 3.05) is 39.5 Å². The van der Waals surface area contributed by atoms with Gasteiger partial charge in [0.1, 0.15) is 5.75 Å². The Hall–Kier alpha value is -0.710. The Morgan fingerprint density at radius 3 is 2.76 bits per heavy atom. The lowest BCUT2D eigenvalue weighted by Gasteiger charge is -2.27. The van der Waals surface area contributed by atoms with Crippen molar-refractivity contribution in [2.24, 2.45) is 0 Å². The van der Waals surface area contributed by atoms with Crippen molar-refractivity contribution in [3.63, 3.8) is 0 Å². The van der Waals surface area contributed by atoms with Crippen LogP contribution in [0.4, 0.5) is 0 Å². The molecule has 94 valence electrons. The fourth-order valence-corrected chi connectivity index (χ4v) is 2.65. The van der Waals surface area contributed by atoms with Crippen molar-refractivity contribution in [2.45, 2.75) is 11.4 Å². The van der Waals surface area contributed by atoms with Crippen LogP contribution in [-0.2, 0) is 6.54 Å². The number of benzene rings is 1. The maximum Gasteiger partial charge on any atom is 0.132 e. The second kappa shape index (κ2) is 6.28. The van der Waals surface area contributed by atoms with Crippen LogP contribution >= 0.6 is 11.8 Å². The minimum absolute atomic E-state index is 0.991. The van der Waals surface area contributed by atoms with E-state index in [0.29, 0.717) is 0 Å². The highest BCUT2D eigenvalue weighted by atomic mass is 32.2. The molecule has 0 atom stereocenters. The summed E-state index contributed by atoms with van der Waals surface area (Å²) in [4.78, 5) is 3.68. The van der Waals surface area contributed by atoms with E-state index >= 15 is 0 Å². The van der Waals surface area contributed by atoms with Crippen LogP contribution in [-0.4, -0.2) is 44.4 Å². The van der Waals surface area contributed by atoms with E-state index in [1.54, 1.807) is 18.9 Å². The monoisotopic (exact) mass is 252 g/mol. The summed E-state index contributed by atoms with van der Waals surface area (Å²) in [5.41, 5.74) is 1.33. The van der Waals surface area contributed by atoms with Crippen LogP contribution in [0.2, 0.25) is 0 Å². The van der Waals surface area contributed by atoms with E-state index < -0.39 is 0 Å². The van der Waals surface area contributed by atoms with Crippen LogP contribution < -0.4 is 10.1 Å². The van der Waals surface area contributed by atoms with E-state index in [2.05, 4.69) is 34.7 Å². The van der Waals surface area contributed by atoms with Crippen LogP contribution in [0.15, 0.2) is 23.1 Å². The lowest BCUT2D eigenvalue weighted by molar-refractivity contribution is 0.233. The van der Waals surface area contributed by atoms with Gasteiger partial charge < -0.3 is 10.1 Å². The molecule has 0 unspecified atom stereocenters. The summed E-state index contributed by atoms with van der Waals surface area (Å²) >= 11 is 1.73. The minimum atomic E-state index is 0.991. The minimum Gasteiger partial charge on any atom is -0.496 e. The average molecular weight is 252 g/mol. The average Bonchev–Trinajstić information content (AvgIpc) is 2.40. The maximum absolute atomic E-state index is 5.41. The zero-order chi connectivity index (χ0) is 12.1. The van der Waals surface area contributed by atoms with Crippen molar-refractivity contribution in [1.29, 1.82) is 0 Å². The highest BCUT2D eigenvalue weighted by Crippen LogP contribution is 2.28. The molecule has 1 N–H and O–H groups in total. The summed E-state index contributed by atoms with van der Waals surface area (Å²) in [5.74, 6) is 0.991. The molecule has 0 saturated carbocycles. The summed E-state index contributed by atoms with van der Waals surface area (Å²) in [6, 6.07) is 6.52. The number of rotatable bonds is 4. The SMILES string of the molecule is COc1cc(CN2CCNCC2)ccc1SC.